The topological polar surface area (TPSA) is 17.8 Å². The van der Waals surface area contributed by atoms with Crippen molar-refractivity contribution in [3.63, 3.8) is 0 Å². The first kappa shape index (κ1) is 24.7. The van der Waals surface area contributed by atoms with Gasteiger partial charge in [0.15, 0.2) is 0 Å². The fourth-order valence-electron chi connectivity index (χ4n) is 4.77. The van der Waals surface area contributed by atoms with Crippen molar-refractivity contribution in [1.29, 1.82) is 0 Å². The molecule has 0 bridgehead atoms. The lowest BCUT2D eigenvalue weighted by Gasteiger charge is -2.31. The van der Waals surface area contributed by atoms with E-state index >= 15 is 0 Å². The average molecular weight is 411 g/mol. The standard InChI is InChI=1S/C28H46N2/c1-4-5-6-7-8-9-10-11-12-13-17-20-28(30-22-21-29-24-30)27(25(2)3)23-26-18-15-14-16-19-26/h14-16,18-19,21-22,24-25,27-28H,4-13,17,20,23H2,1-3H3. The van der Waals surface area contributed by atoms with E-state index < -0.39 is 0 Å². The molecule has 30 heavy (non-hydrogen) atoms. The van der Waals surface area contributed by atoms with Gasteiger partial charge in [-0.25, -0.2) is 4.98 Å². The first-order valence-electron chi connectivity index (χ1n) is 12.7. The first-order valence-corrected chi connectivity index (χ1v) is 12.7. The van der Waals surface area contributed by atoms with Crippen LogP contribution >= 0.6 is 0 Å². The Bertz CT molecular complexity index is 617. The third-order valence-electron chi connectivity index (χ3n) is 6.68. The van der Waals surface area contributed by atoms with Crippen LogP contribution in [0, 0.1) is 11.8 Å². The molecule has 0 aliphatic heterocycles. The molecule has 2 nitrogen and oxygen atoms in total. The molecule has 1 aromatic carbocycles. The lowest BCUT2D eigenvalue weighted by Crippen LogP contribution is -2.25. The minimum atomic E-state index is 0.547. The molecule has 0 spiro atoms. The number of rotatable bonds is 17. The molecular weight excluding hydrogens is 364 g/mol. The van der Waals surface area contributed by atoms with Gasteiger partial charge in [-0.2, -0.15) is 0 Å². The predicted molar refractivity (Wildman–Crippen MR) is 131 cm³/mol. The van der Waals surface area contributed by atoms with Crippen molar-refractivity contribution in [2.24, 2.45) is 11.8 Å². The second-order valence-corrected chi connectivity index (χ2v) is 9.50. The van der Waals surface area contributed by atoms with Gasteiger partial charge in [-0.1, -0.05) is 122 Å². The third kappa shape index (κ3) is 9.49. The van der Waals surface area contributed by atoms with Gasteiger partial charge in [0, 0.05) is 18.4 Å². The molecule has 2 rings (SSSR count). The molecule has 2 atom stereocenters. The number of hydrogen-bond acceptors (Lipinski definition) is 1. The number of benzene rings is 1. The highest BCUT2D eigenvalue weighted by Gasteiger charge is 2.25. The van der Waals surface area contributed by atoms with E-state index in [2.05, 4.69) is 66.9 Å². The molecule has 0 aliphatic carbocycles. The van der Waals surface area contributed by atoms with Gasteiger partial charge >= 0.3 is 0 Å². The van der Waals surface area contributed by atoms with Crippen LogP contribution in [0.3, 0.4) is 0 Å². The fraction of sp³-hybridized carbons (Fsp3) is 0.679. The normalized spacial score (nSPS) is 13.6. The van der Waals surface area contributed by atoms with Crippen LogP contribution in [0.5, 0.6) is 0 Å². The van der Waals surface area contributed by atoms with Gasteiger partial charge in [-0.05, 0) is 30.2 Å². The number of aromatic nitrogens is 2. The molecule has 168 valence electrons. The molecule has 2 unspecified atom stereocenters. The van der Waals surface area contributed by atoms with E-state index in [9.17, 15) is 0 Å². The molecule has 0 aliphatic rings. The highest BCUT2D eigenvalue weighted by atomic mass is 15.1. The van der Waals surface area contributed by atoms with Crippen LogP contribution in [0.2, 0.25) is 0 Å². The van der Waals surface area contributed by atoms with Crippen LogP contribution in [0.1, 0.15) is 109 Å². The minimum Gasteiger partial charge on any atom is -0.334 e. The lowest BCUT2D eigenvalue weighted by molar-refractivity contribution is 0.233. The number of hydrogen-bond donors (Lipinski definition) is 0. The Balaban J connectivity index is 1.75. The first-order chi connectivity index (χ1) is 14.7. The van der Waals surface area contributed by atoms with Crippen molar-refractivity contribution in [2.75, 3.05) is 0 Å². The van der Waals surface area contributed by atoms with Crippen molar-refractivity contribution in [3.8, 4) is 0 Å². The molecular formula is C28H46N2. The van der Waals surface area contributed by atoms with Crippen LogP contribution in [-0.2, 0) is 6.42 Å². The van der Waals surface area contributed by atoms with Gasteiger partial charge in [-0.3, -0.25) is 0 Å². The SMILES string of the molecule is CCCCCCCCCCCCCC(C(Cc1ccccc1)C(C)C)n1ccnc1. The second kappa shape index (κ2) is 15.3. The maximum atomic E-state index is 4.36. The summed E-state index contributed by atoms with van der Waals surface area (Å²) < 4.78 is 2.38. The summed E-state index contributed by atoms with van der Waals surface area (Å²) in [7, 11) is 0. The zero-order chi connectivity index (χ0) is 21.4. The van der Waals surface area contributed by atoms with Gasteiger partial charge < -0.3 is 4.57 Å². The van der Waals surface area contributed by atoms with Gasteiger partial charge in [0.05, 0.1) is 6.33 Å². The molecule has 0 saturated heterocycles. The van der Waals surface area contributed by atoms with E-state index in [0.717, 1.165) is 6.42 Å². The molecule has 0 amide bonds. The van der Waals surface area contributed by atoms with Crippen LogP contribution in [0.15, 0.2) is 49.1 Å². The summed E-state index contributed by atoms with van der Waals surface area (Å²) in [6.07, 6.45) is 24.0. The molecule has 0 radical (unpaired) electrons. The van der Waals surface area contributed by atoms with Gasteiger partial charge in [-0.15, -0.1) is 0 Å². The van der Waals surface area contributed by atoms with E-state index in [1.165, 1.54) is 82.6 Å². The summed E-state index contributed by atoms with van der Waals surface area (Å²) in [4.78, 5) is 4.36. The summed E-state index contributed by atoms with van der Waals surface area (Å²) in [5.74, 6) is 1.30. The van der Waals surface area contributed by atoms with Crippen molar-refractivity contribution in [3.05, 3.63) is 54.6 Å². The molecule has 0 fully saturated rings. The second-order valence-electron chi connectivity index (χ2n) is 9.50. The molecule has 1 heterocycles. The van der Waals surface area contributed by atoms with Crippen molar-refractivity contribution in [1.82, 2.24) is 9.55 Å². The van der Waals surface area contributed by atoms with Crippen molar-refractivity contribution < 1.29 is 0 Å². The van der Waals surface area contributed by atoms with Crippen LogP contribution < -0.4 is 0 Å². The maximum Gasteiger partial charge on any atom is 0.0948 e. The summed E-state index contributed by atoms with van der Waals surface area (Å²) in [6.45, 7) is 7.07. The Morgan fingerprint density at radius 2 is 1.40 bits per heavy atom. The van der Waals surface area contributed by atoms with Gasteiger partial charge in [0.2, 0.25) is 0 Å². The maximum absolute atomic E-state index is 4.36. The lowest BCUT2D eigenvalue weighted by atomic mass is 9.81. The van der Waals surface area contributed by atoms with Crippen LogP contribution in [0.4, 0.5) is 0 Å². The zero-order valence-electron chi connectivity index (χ0n) is 19.9. The highest BCUT2D eigenvalue weighted by Crippen LogP contribution is 2.33. The Hall–Kier alpha value is -1.57. The molecule has 0 saturated carbocycles. The molecule has 2 aromatic rings. The van der Waals surface area contributed by atoms with E-state index in [-0.39, 0.29) is 0 Å². The van der Waals surface area contributed by atoms with Gasteiger partial charge in [0.25, 0.3) is 0 Å². The van der Waals surface area contributed by atoms with Gasteiger partial charge in [0.1, 0.15) is 0 Å². The minimum absolute atomic E-state index is 0.547. The Kier molecular flexibility index (Phi) is 12.6. The van der Waals surface area contributed by atoms with Crippen molar-refractivity contribution >= 4 is 0 Å². The van der Waals surface area contributed by atoms with Crippen LogP contribution in [0.25, 0.3) is 0 Å². The van der Waals surface area contributed by atoms with E-state index in [0.29, 0.717) is 17.9 Å². The number of unbranched alkanes of at least 4 members (excludes halogenated alkanes) is 10. The molecule has 0 N–H and O–H groups in total. The summed E-state index contributed by atoms with van der Waals surface area (Å²) in [6, 6.07) is 11.6. The van der Waals surface area contributed by atoms with Crippen molar-refractivity contribution in [2.45, 2.75) is 110 Å². The highest BCUT2D eigenvalue weighted by molar-refractivity contribution is 5.15. The van der Waals surface area contributed by atoms with E-state index in [1.807, 2.05) is 12.5 Å². The number of nitrogens with zero attached hydrogens (tertiary/aromatic N) is 2. The smallest absolute Gasteiger partial charge is 0.0948 e. The quantitative estimate of drug-likeness (QED) is 0.239. The monoisotopic (exact) mass is 410 g/mol. The Labute approximate surface area is 186 Å². The molecule has 2 heteroatoms. The largest absolute Gasteiger partial charge is 0.334 e. The number of imidazole rings is 1. The van der Waals surface area contributed by atoms with Crippen LogP contribution in [-0.4, -0.2) is 9.55 Å². The van der Waals surface area contributed by atoms with E-state index in [1.54, 1.807) is 0 Å². The fourth-order valence-corrected chi connectivity index (χ4v) is 4.77. The zero-order valence-corrected chi connectivity index (χ0v) is 19.9. The summed E-state index contributed by atoms with van der Waals surface area (Å²) >= 11 is 0. The summed E-state index contributed by atoms with van der Waals surface area (Å²) in [5.41, 5.74) is 1.46. The van der Waals surface area contributed by atoms with E-state index in [4.69, 9.17) is 0 Å². The predicted octanol–water partition coefficient (Wildman–Crippen LogP) is 8.64. The Morgan fingerprint density at radius 3 is 1.93 bits per heavy atom. The Morgan fingerprint density at radius 1 is 0.800 bits per heavy atom. The third-order valence-corrected chi connectivity index (χ3v) is 6.68. The molecule has 1 aromatic heterocycles. The average Bonchev–Trinajstić information content (AvgIpc) is 3.28. The summed E-state index contributed by atoms with van der Waals surface area (Å²) in [5, 5.41) is 0.